The van der Waals surface area contributed by atoms with Crippen molar-refractivity contribution in [3.8, 4) is 0 Å². The zero-order valence-electron chi connectivity index (χ0n) is 12.8. The summed E-state index contributed by atoms with van der Waals surface area (Å²) >= 11 is 5.99. The van der Waals surface area contributed by atoms with Gasteiger partial charge in [-0.1, -0.05) is 36.6 Å². The summed E-state index contributed by atoms with van der Waals surface area (Å²) in [5, 5.41) is 0.699. The number of halogens is 1. The van der Waals surface area contributed by atoms with Gasteiger partial charge in [-0.05, 0) is 37.6 Å². The minimum Gasteiger partial charge on any atom is -0.284 e. The molecule has 0 spiro atoms. The first-order valence-electron chi connectivity index (χ1n) is 7.84. The molecule has 2 fully saturated rings. The highest BCUT2D eigenvalue weighted by molar-refractivity contribution is 6.30. The highest BCUT2D eigenvalue weighted by Gasteiger charge is 2.48. The molecule has 0 bridgehead atoms. The SMILES string of the molecule is CN(Cc1cccc(Cl)c1)CN1C(=O)[C@H]2CCCC[C@@H]2C1=O. The Morgan fingerprint density at radius 2 is 1.82 bits per heavy atom. The van der Waals surface area contributed by atoms with Gasteiger partial charge in [0.2, 0.25) is 11.8 Å². The second kappa shape index (κ2) is 6.39. The molecule has 1 aliphatic carbocycles. The van der Waals surface area contributed by atoms with E-state index in [-0.39, 0.29) is 23.7 Å². The fourth-order valence-corrected chi connectivity index (χ4v) is 3.82. The molecule has 3 rings (SSSR count). The Morgan fingerprint density at radius 1 is 1.18 bits per heavy atom. The van der Waals surface area contributed by atoms with Gasteiger partial charge in [0, 0.05) is 11.6 Å². The number of amides is 2. The predicted octanol–water partition coefficient (Wildman–Crippen LogP) is 2.90. The van der Waals surface area contributed by atoms with Crippen LogP contribution in [0.4, 0.5) is 0 Å². The molecule has 2 atom stereocenters. The van der Waals surface area contributed by atoms with Crippen molar-refractivity contribution in [2.75, 3.05) is 13.7 Å². The van der Waals surface area contributed by atoms with E-state index in [1.807, 2.05) is 36.2 Å². The molecule has 1 aromatic carbocycles. The van der Waals surface area contributed by atoms with Crippen LogP contribution in [0, 0.1) is 11.8 Å². The van der Waals surface area contributed by atoms with Crippen molar-refractivity contribution in [1.29, 1.82) is 0 Å². The lowest BCUT2D eigenvalue weighted by molar-refractivity contribution is -0.142. The van der Waals surface area contributed by atoms with Crippen LogP contribution in [0.15, 0.2) is 24.3 Å². The topological polar surface area (TPSA) is 40.6 Å². The predicted molar refractivity (Wildman–Crippen MR) is 85.1 cm³/mol. The lowest BCUT2D eigenvalue weighted by Crippen LogP contribution is -2.40. The summed E-state index contributed by atoms with van der Waals surface area (Å²) in [5.41, 5.74) is 1.08. The maximum atomic E-state index is 12.4. The normalized spacial score (nSPS) is 25.0. The highest BCUT2D eigenvalue weighted by Crippen LogP contribution is 2.37. The molecule has 0 N–H and O–H groups in total. The van der Waals surface area contributed by atoms with E-state index < -0.39 is 0 Å². The van der Waals surface area contributed by atoms with Crippen LogP contribution in [0.25, 0.3) is 0 Å². The standard InChI is InChI=1S/C17H21ClN2O2/c1-19(10-12-5-4-6-13(18)9-12)11-20-16(21)14-7-2-3-8-15(14)17(20)22/h4-6,9,14-15H,2-3,7-8,10-11H2,1H3/t14-,15-/m0/s1. The number of fused-ring (bicyclic) bond motifs is 1. The first-order valence-corrected chi connectivity index (χ1v) is 8.22. The summed E-state index contributed by atoms with van der Waals surface area (Å²) in [6.45, 7) is 1.02. The Balaban J connectivity index is 1.65. The third kappa shape index (κ3) is 3.03. The second-order valence-corrected chi connectivity index (χ2v) is 6.82. The van der Waals surface area contributed by atoms with Gasteiger partial charge in [0.25, 0.3) is 0 Å². The maximum Gasteiger partial charge on any atom is 0.234 e. The number of carbonyl (C=O) groups is 2. The van der Waals surface area contributed by atoms with E-state index in [4.69, 9.17) is 11.6 Å². The van der Waals surface area contributed by atoms with Crippen molar-refractivity contribution < 1.29 is 9.59 Å². The van der Waals surface area contributed by atoms with E-state index in [0.717, 1.165) is 31.2 Å². The lowest BCUT2D eigenvalue weighted by Gasteiger charge is -2.23. The summed E-state index contributed by atoms with van der Waals surface area (Å²) in [4.78, 5) is 28.3. The number of likely N-dealkylation sites (tertiary alicyclic amines) is 1. The van der Waals surface area contributed by atoms with E-state index in [9.17, 15) is 9.59 Å². The first kappa shape index (κ1) is 15.5. The summed E-state index contributed by atoms with van der Waals surface area (Å²) in [6.07, 6.45) is 3.85. The van der Waals surface area contributed by atoms with Crippen LogP contribution in [-0.4, -0.2) is 35.3 Å². The lowest BCUT2D eigenvalue weighted by atomic mass is 9.81. The van der Waals surface area contributed by atoms with E-state index in [0.29, 0.717) is 18.2 Å². The van der Waals surface area contributed by atoms with Crippen molar-refractivity contribution in [2.45, 2.75) is 32.2 Å². The molecule has 4 nitrogen and oxygen atoms in total. The Bertz CT molecular complexity index is 566. The van der Waals surface area contributed by atoms with Gasteiger partial charge in [0.1, 0.15) is 0 Å². The molecule has 22 heavy (non-hydrogen) atoms. The quantitative estimate of drug-likeness (QED) is 0.801. The largest absolute Gasteiger partial charge is 0.284 e. The van der Waals surface area contributed by atoms with Gasteiger partial charge in [-0.3, -0.25) is 19.4 Å². The molecule has 118 valence electrons. The van der Waals surface area contributed by atoms with Crippen LogP contribution in [-0.2, 0) is 16.1 Å². The van der Waals surface area contributed by atoms with E-state index >= 15 is 0 Å². The van der Waals surface area contributed by atoms with Gasteiger partial charge in [0.05, 0.1) is 18.5 Å². The molecule has 0 radical (unpaired) electrons. The van der Waals surface area contributed by atoms with Crippen LogP contribution < -0.4 is 0 Å². The Hall–Kier alpha value is -1.39. The number of nitrogens with zero attached hydrogens (tertiary/aromatic N) is 2. The van der Waals surface area contributed by atoms with Crippen LogP contribution in [0.5, 0.6) is 0 Å². The number of hydrogen-bond acceptors (Lipinski definition) is 3. The van der Waals surface area contributed by atoms with Crippen LogP contribution in [0.1, 0.15) is 31.2 Å². The van der Waals surface area contributed by atoms with Crippen molar-refractivity contribution >= 4 is 23.4 Å². The molecule has 1 saturated carbocycles. The number of imide groups is 1. The molecular weight excluding hydrogens is 300 g/mol. The van der Waals surface area contributed by atoms with E-state index in [2.05, 4.69) is 0 Å². The molecular formula is C17H21ClN2O2. The number of carbonyl (C=O) groups excluding carboxylic acids is 2. The fourth-order valence-electron chi connectivity index (χ4n) is 3.61. The molecule has 1 aliphatic heterocycles. The zero-order chi connectivity index (χ0) is 15.7. The molecule has 1 saturated heterocycles. The summed E-state index contributed by atoms with van der Waals surface area (Å²) < 4.78 is 0. The van der Waals surface area contributed by atoms with Gasteiger partial charge >= 0.3 is 0 Å². The molecule has 5 heteroatoms. The monoisotopic (exact) mass is 320 g/mol. The molecule has 1 aromatic rings. The molecule has 2 amide bonds. The summed E-state index contributed by atoms with van der Waals surface area (Å²) in [5.74, 6) is -0.0954. The molecule has 0 aromatic heterocycles. The highest BCUT2D eigenvalue weighted by atomic mass is 35.5. The van der Waals surface area contributed by atoms with Crippen molar-refractivity contribution in [3.05, 3.63) is 34.9 Å². The number of benzene rings is 1. The van der Waals surface area contributed by atoms with Gasteiger partial charge in [-0.2, -0.15) is 0 Å². The average Bonchev–Trinajstić information content (AvgIpc) is 2.73. The smallest absolute Gasteiger partial charge is 0.234 e. The summed E-state index contributed by atoms with van der Waals surface area (Å²) in [6, 6.07) is 7.65. The van der Waals surface area contributed by atoms with Crippen molar-refractivity contribution in [3.63, 3.8) is 0 Å². The molecule has 1 heterocycles. The maximum absolute atomic E-state index is 12.4. The zero-order valence-corrected chi connectivity index (χ0v) is 13.6. The third-order valence-electron chi connectivity index (χ3n) is 4.66. The Labute approximate surface area is 136 Å². The Kier molecular flexibility index (Phi) is 4.50. The number of rotatable bonds is 4. The van der Waals surface area contributed by atoms with Crippen LogP contribution in [0.3, 0.4) is 0 Å². The third-order valence-corrected chi connectivity index (χ3v) is 4.89. The minimum absolute atomic E-state index is 0.0210. The number of hydrogen-bond donors (Lipinski definition) is 0. The average molecular weight is 321 g/mol. The van der Waals surface area contributed by atoms with Gasteiger partial charge < -0.3 is 0 Å². The first-order chi connectivity index (χ1) is 10.6. The molecule has 0 unspecified atom stereocenters. The van der Waals surface area contributed by atoms with Crippen molar-refractivity contribution in [1.82, 2.24) is 9.80 Å². The van der Waals surface area contributed by atoms with E-state index in [1.54, 1.807) is 0 Å². The van der Waals surface area contributed by atoms with Crippen molar-refractivity contribution in [2.24, 2.45) is 11.8 Å². The summed E-state index contributed by atoms with van der Waals surface area (Å²) in [7, 11) is 1.92. The van der Waals surface area contributed by atoms with Crippen LogP contribution in [0.2, 0.25) is 5.02 Å². The van der Waals surface area contributed by atoms with Gasteiger partial charge in [-0.15, -0.1) is 0 Å². The fraction of sp³-hybridized carbons (Fsp3) is 0.529. The molecule has 2 aliphatic rings. The Morgan fingerprint density at radius 3 is 2.41 bits per heavy atom. The minimum atomic E-state index is -0.0687. The van der Waals surface area contributed by atoms with E-state index in [1.165, 1.54) is 4.90 Å². The van der Waals surface area contributed by atoms with Gasteiger partial charge in [-0.25, -0.2) is 0 Å². The second-order valence-electron chi connectivity index (χ2n) is 6.39. The van der Waals surface area contributed by atoms with Crippen LogP contribution >= 0.6 is 11.6 Å². The van der Waals surface area contributed by atoms with Gasteiger partial charge in [0.15, 0.2) is 0 Å².